The largest absolute Gasteiger partial charge is 0.420 e. The van der Waals surface area contributed by atoms with Crippen molar-refractivity contribution in [2.24, 2.45) is 0 Å². The summed E-state index contributed by atoms with van der Waals surface area (Å²) >= 11 is 0. The predicted molar refractivity (Wildman–Crippen MR) is 48.4 cm³/mol. The van der Waals surface area contributed by atoms with Gasteiger partial charge in [0.15, 0.2) is 6.10 Å². The standard InChI is InChI=1S/C10H12F3NO/c11-10(12,13)9(15)8-5-6-3-1-2-4-7(6)14-8/h5,9,14-15H,1-4H2/t9-/m1/s1. The van der Waals surface area contributed by atoms with Gasteiger partial charge in [0.2, 0.25) is 0 Å². The summed E-state index contributed by atoms with van der Waals surface area (Å²) in [5.41, 5.74) is 1.63. The van der Waals surface area contributed by atoms with Gasteiger partial charge in [0.25, 0.3) is 0 Å². The molecule has 1 aromatic rings. The van der Waals surface area contributed by atoms with Crippen molar-refractivity contribution >= 4 is 0 Å². The van der Waals surface area contributed by atoms with E-state index in [1.807, 2.05) is 0 Å². The van der Waals surface area contributed by atoms with E-state index in [1.165, 1.54) is 6.07 Å². The maximum absolute atomic E-state index is 12.2. The average molecular weight is 219 g/mol. The van der Waals surface area contributed by atoms with Gasteiger partial charge in [-0.3, -0.25) is 0 Å². The number of nitrogens with one attached hydrogen (secondary N) is 1. The molecule has 0 fully saturated rings. The molecular formula is C10H12F3NO. The highest BCUT2D eigenvalue weighted by Gasteiger charge is 2.40. The molecule has 0 aliphatic heterocycles. The first-order chi connectivity index (χ1) is 6.98. The van der Waals surface area contributed by atoms with Crippen LogP contribution in [0.5, 0.6) is 0 Å². The minimum Gasteiger partial charge on any atom is -0.378 e. The lowest BCUT2D eigenvalue weighted by molar-refractivity contribution is -0.207. The number of aromatic nitrogens is 1. The molecule has 2 nitrogen and oxygen atoms in total. The highest BCUT2D eigenvalue weighted by Crippen LogP contribution is 2.34. The Balaban J connectivity index is 2.26. The van der Waals surface area contributed by atoms with Crippen LogP contribution in [-0.2, 0) is 12.8 Å². The molecule has 0 spiro atoms. The van der Waals surface area contributed by atoms with Crippen LogP contribution in [0.25, 0.3) is 0 Å². The molecule has 0 aromatic carbocycles. The zero-order chi connectivity index (χ0) is 11.1. The van der Waals surface area contributed by atoms with E-state index in [2.05, 4.69) is 4.98 Å². The molecule has 0 bridgehead atoms. The number of aromatic amines is 1. The van der Waals surface area contributed by atoms with E-state index in [9.17, 15) is 13.2 Å². The number of H-pyrrole nitrogens is 1. The molecule has 0 amide bonds. The zero-order valence-electron chi connectivity index (χ0n) is 8.06. The van der Waals surface area contributed by atoms with Crippen LogP contribution in [0.15, 0.2) is 6.07 Å². The molecule has 1 aliphatic carbocycles. The van der Waals surface area contributed by atoms with Gasteiger partial charge in [-0.25, -0.2) is 0 Å². The normalized spacial score (nSPS) is 18.7. The first-order valence-electron chi connectivity index (χ1n) is 4.94. The summed E-state index contributed by atoms with van der Waals surface area (Å²) in [4.78, 5) is 2.67. The second kappa shape index (κ2) is 3.56. The van der Waals surface area contributed by atoms with Crippen molar-refractivity contribution in [1.82, 2.24) is 4.98 Å². The molecule has 0 saturated carbocycles. The summed E-state index contributed by atoms with van der Waals surface area (Å²) in [5.74, 6) is 0. The maximum Gasteiger partial charge on any atom is 0.420 e. The number of aliphatic hydroxyl groups excluding tert-OH is 1. The fourth-order valence-electron chi connectivity index (χ4n) is 1.95. The molecule has 0 unspecified atom stereocenters. The van der Waals surface area contributed by atoms with E-state index in [1.54, 1.807) is 0 Å². The van der Waals surface area contributed by atoms with Gasteiger partial charge in [0, 0.05) is 5.69 Å². The third-order valence-electron chi connectivity index (χ3n) is 2.74. The Morgan fingerprint density at radius 3 is 2.53 bits per heavy atom. The third-order valence-corrected chi connectivity index (χ3v) is 2.74. The van der Waals surface area contributed by atoms with Gasteiger partial charge in [-0.2, -0.15) is 13.2 Å². The van der Waals surface area contributed by atoms with Gasteiger partial charge in [-0.05, 0) is 37.3 Å². The minimum atomic E-state index is -4.59. The first-order valence-corrected chi connectivity index (χ1v) is 4.94. The molecule has 1 atom stereocenters. The Hall–Kier alpha value is -0.970. The molecule has 1 aromatic heterocycles. The third kappa shape index (κ3) is 2.02. The van der Waals surface area contributed by atoms with Crippen LogP contribution >= 0.6 is 0 Å². The number of rotatable bonds is 1. The van der Waals surface area contributed by atoms with Crippen molar-refractivity contribution in [2.75, 3.05) is 0 Å². The Labute approximate surface area is 85.1 Å². The van der Waals surface area contributed by atoms with Crippen LogP contribution in [0, 0.1) is 0 Å². The molecule has 1 aliphatic rings. The Morgan fingerprint density at radius 2 is 1.93 bits per heavy atom. The van der Waals surface area contributed by atoms with Crippen LogP contribution in [0.4, 0.5) is 13.2 Å². The van der Waals surface area contributed by atoms with Gasteiger partial charge in [-0.1, -0.05) is 0 Å². The molecule has 2 rings (SSSR count). The molecular weight excluding hydrogens is 207 g/mol. The summed E-state index contributed by atoms with van der Waals surface area (Å²) in [6, 6.07) is 1.44. The highest BCUT2D eigenvalue weighted by atomic mass is 19.4. The first kappa shape index (κ1) is 10.5. The van der Waals surface area contributed by atoms with E-state index in [0.29, 0.717) is 0 Å². The van der Waals surface area contributed by atoms with E-state index in [4.69, 9.17) is 5.11 Å². The number of hydrogen-bond donors (Lipinski definition) is 2. The Morgan fingerprint density at radius 1 is 1.27 bits per heavy atom. The summed E-state index contributed by atoms with van der Waals surface area (Å²) in [6.07, 6.45) is -3.39. The van der Waals surface area contributed by atoms with Gasteiger partial charge in [0.1, 0.15) is 0 Å². The van der Waals surface area contributed by atoms with Crippen molar-refractivity contribution in [1.29, 1.82) is 0 Å². The van der Waals surface area contributed by atoms with Crippen molar-refractivity contribution in [3.63, 3.8) is 0 Å². The molecule has 15 heavy (non-hydrogen) atoms. The van der Waals surface area contributed by atoms with Gasteiger partial charge < -0.3 is 10.1 Å². The molecule has 2 N–H and O–H groups in total. The highest BCUT2D eigenvalue weighted by molar-refractivity contribution is 5.29. The summed E-state index contributed by atoms with van der Waals surface area (Å²) in [7, 11) is 0. The van der Waals surface area contributed by atoms with Crippen LogP contribution in [0.3, 0.4) is 0 Å². The lowest BCUT2D eigenvalue weighted by Crippen LogP contribution is -2.20. The van der Waals surface area contributed by atoms with Crippen LogP contribution in [0.1, 0.15) is 35.9 Å². The number of fused-ring (bicyclic) bond motifs is 1. The van der Waals surface area contributed by atoms with E-state index < -0.39 is 12.3 Å². The molecule has 0 radical (unpaired) electrons. The lowest BCUT2D eigenvalue weighted by Gasteiger charge is -2.12. The SMILES string of the molecule is O[C@H](c1cc2c([nH]1)CCCC2)C(F)(F)F. The summed E-state index contributed by atoms with van der Waals surface area (Å²) in [5, 5.41) is 9.05. The number of hydrogen-bond acceptors (Lipinski definition) is 1. The molecule has 1 heterocycles. The fraction of sp³-hybridized carbons (Fsp3) is 0.600. The van der Waals surface area contributed by atoms with Crippen LogP contribution < -0.4 is 0 Å². The second-order valence-corrected chi connectivity index (χ2v) is 3.88. The van der Waals surface area contributed by atoms with Gasteiger partial charge >= 0.3 is 6.18 Å². The lowest BCUT2D eigenvalue weighted by atomic mass is 9.98. The smallest absolute Gasteiger partial charge is 0.378 e. The van der Waals surface area contributed by atoms with Crippen molar-refractivity contribution < 1.29 is 18.3 Å². The number of alkyl halides is 3. The van der Waals surface area contributed by atoms with Crippen molar-refractivity contribution in [2.45, 2.75) is 38.0 Å². The molecule has 0 saturated heterocycles. The predicted octanol–water partition coefficient (Wildman–Crippen LogP) is 2.49. The average Bonchev–Trinajstić information content (AvgIpc) is 2.58. The summed E-state index contributed by atoms with van der Waals surface area (Å²) in [6.45, 7) is 0. The Kier molecular flexibility index (Phi) is 2.50. The van der Waals surface area contributed by atoms with Crippen molar-refractivity contribution in [3.05, 3.63) is 23.0 Å². The topological polar surface area (TPSA) is 36.0 Å². The van der Waals surface area contributed by atoms with E-state index in [0.717, 1.165) is 36.9 Å². The van der Waals surface area contributed by atoms with E-state index in [-0.39, 0.29) is 5.69 Å². The van der Waals surface area contributed by atoms with Crippen LogP contribution in [-0.4, -0.2) is 16.3 Å². The minimum absolute atomic E-state index is 0.130. The van der Waals surface area contributed by atoms with Gasteiger partial charge in [-0.15, -0.1) is 0 Å². The number of aliphatic hydroxyl groups is 1. The van der Waals surface area contributed by atoms with Crippen molar-refractivity contribution in [3.8, 4) is 0 Å². The van der Waals surface area contributed by atoms with E-state index >= 15 is 0 Å². The molecule has 84 valence electrons. The fourth-order valence-corrected chi connectivity index (χ4v) is 1.95. The second-order valence-electron chi connectivity index (χ2n) is 3.88. The molecule has 5 heteroatoms. The number of aryl methyl sites for hydroxylation is 2. The monoisotopic (exact) mass is 219 g/mol. The van der Waals surface area contributed by atoms with Gasteiger partial charge in [0.05, 0.1) is 5.69 Å². The summed E-state index contributed by atoms with van der Waals surface area (Å²) < 4.78 is 36.7. The maximum atomic E-state index is 12.2. The zero-order valence-corrected chi connectivity index (χ0v) is 8.06. The number of halogens is 3. The Bertz CT molecular complexity index is 333. The quantitative estimate of drug-likeness (QED) is 0.747. The van der Waals surface area contributed by atoms with Crippen LogP contribution in [0.2, 0.25) is 0 Å².